The molecule has 1 aromatic carbocycles. The number of benzene rings is 1. The highest BCUT2D eigenvalue weighted by atomic mass is 19.3. The van der Waals surface area contributed by atoms with Gasteiger partial charge in [-0.05, 0) is 57.2 Å². The largest absolute Gasteiger partial charge is 0.496 e. The molecule has 0 spiro atoms. The van der Waals surface area contributed by atoms with Crippen LogP contribution in [-0.4, -0.2) is 52.6 Å². The molecule has 0 amide bonds. The van der Waals surface area contributed by atoms with E-state index in [1.165, 1.54) is 19.6 Å². The van der Waals surface area contributed by atoms with Crippen molar-refractivity contribution in [3.05, 3.63) is 36.2 Å². The minimum Gasteiger partial charge on any atom is -0.496 e. The predicted molar refractivity (Wildman–Crippen MR) is 129 cm³/mol. The molecule has 3 heterocycles. The van der Waals surface area contributed by atoms with Gasteiger partial charge in [-0.2, -0.15) is 13.8 Å². The average Bonchev–Trinajstić information content (AvgIpc) is 3.57. The lowest BCUT2D eigenvalue weighted by atomic mass is 9.92. The van der Waals surface area contributed by atoms with Crippen molar-refractivity contribution in [3.63, 3.8) is 0 Å². The highest BCUT2D eigenvalue weighted by Crippen LogP contribution is 2.40. The Kier molecular flexibility index (Phi) is 6.79. The van der Waals surface area contributed by atoms with Crippen LogP contribution in [0.5, 0.6) is 17.4 Å². The van der Waals surface area contributed by atoms with Crippen LogP contribution < -0.4 is 19.5 Å². The highest BCUT2D eigenvalue weighted by molar-refractivity contribution is 6.02. The number of imidazole rings is 1. The molecule has 1 aliphatic carbocycles. The number of fused-ring (bicyclic) bond motifs is 1. The molecule has 192 valence electrons. The first-order valence-corrected chi connectivity index (χ1v) is 12.3. The number of halogens is 2. The molecular weight excluding hydrogens is 470 g/mol. The number of piperidine rings is 1. The van der Waals surface area contributed by atoms with Gasteiger partial charge in [0.2, 0.25) is 11.7 Å². The van der Waals surface area contributed by atoms with Crippen LogP contribution in [0, 0.1) is 5.92 Å². The number of ether oxygens (including phenoxy) is 3. The number of hydrogen-bond donors (Lipinski definition) is 1. The number of methoxy groups -OCH3 is 1. The maximum Gasteiger partial charge on any atom is 0.387 e. The number of carbonyl (C=O) groups excluding carboxylic acids is 1. The fourth-order valence-electron chi connectivity index (χ4n) is 4.67. The van der Waals surface area contributed by atoms with Crippen LogP contribution in [0.3, 0.4) is 0 Å². The number of rotatable bonds is 10. The number of alkyl halides is 2. The Morgan fingerprint density at radius 3 is 2.78 bits per heavy atom. The minimum atomic E-state index is -3.08. The Balaban J connectivity index is 1.44. The van der Waals surface area contributed by atoms with Gasteiger partial charge in [0.05, 0.1) is 19.0 Å². The van der Waals surface area contributed by atoms with Gasteiger partial charge in [-0.1, -0.05) is 6.42 Å². The summed E-state index contributed by atoms with van der Waals surface area (Å²) >= 11 is 0. The van der Waals surface area contributed by atoms with Gasteiger partial charge in [0.15, 0.2) is 5.78 Å². The molecule has 2 aromatic heterocycles. The third-order valence-corrected chi connectivity index (χ3v) is 6.85. The Labute approximate surface area is 208 Å². The van der Waals surface area contributed by atoms with Crippen molar-refractivity contribution < 1.29 is 27.8 Å². The summed E-state index contributed by atoms with van der Waals surface area (Å²) in [6.07, 6.45) is 8.93. The number of nitrogens with one attached hydrogen (secondary N) is 1. The van der Waals surface area contributed by atoms with E-state index in [9.17, 15) is 13.6 Å². The summed E-state index contributed by atoms with van der Waals surface area (Å²) in [5, 5.41) is 3.51. The second-order valence-electron chi connectivity index (χ2n) is 9.81. The van der Waals surface area contributed by atoms with Crippen LogP contribution in [0.25, 0.3) is 17.0 Å². The van der Waals surface area contributed by atoms with Crippen LogP contribution >= 0.6 is 0 Å². The maximum atomic E-state index is 13.3. The van der Waals surface area contributed by atoms with Crippen molar-refractivity contribution in [2.45, 2.75) is 57.6 Å². The zero-order valence-corrected chi connectivity index (χ0v) is 20.4. The Bertz CT molecular complexity index is 1250. The van der Waals surface area contributed by atoms with E-state index < -0.39 is 6.61 Å². The van der Waals surface area contributed by atoms with Crippen LogP contribution in [0.1, 0.15) is 55.8 Å². The van der Waals surface area contributed by atoms with Crippen LogP contribution in [0.15, 0.2) is 30.6 Å². The molecular formula is C26H30F2N4O4. The first-order valence-electron chi connectivity index (χ1n) is 12.3. The summed E-state index contributed by atoms with van der Waals surface area (Å²) in [7, 11) is 1.40. The van der Waals surface area contributed by atoms with E-state index in [2.05, 4.69) is 22.2 Å². The van der Waals surface area contributed by atoms with Crippen molar-refractivity contribution in [2.24, 2.45) is 5.92 Å². The molecule has 2 fully saturated rings. The normalized spacial score (nSPS) is 20.0. The number of carbonyl (C=O) groups is 1. The predicted octanol–water partition coefficient (Wildman–Crippen LogP) is 4.90. The molecule has 1 N–H and O–H groups in total. The maximum absolute atomic E-state index is 13.3. The zero-order chi connectivity index (χ0) is 25.3. The van der Waals surface area contributed by atoms with Gasteiger partial charge in [0, 0.05) is 29.8 Å². The molecule has 0 bridgehead atoms. The van der Waals surface area contributed by atoms with E-state index >= 15 is 0 Å². The van der Waals surface area contributed by atoms with Gasteiger partial charge in [-0.3, -0.25) is 9.20 Å². The molecule has 1 saturated heterocycles. The zero-order valence-electron chi connectivity index (χ0n) is 20.4. The summed E-state index contributed by atoms with van der Waals surface area (Å²) in [6, 6.07) is 4.81. The average molecular weight is 501 g/mol. The van der Waals surface area contributed by atoms with Crippen LogP contribution in [0.4, 0.5) is 8.78 Å². The second-order valence-corrected chi connectivity index (χ2v) is 9.81. The molecule has 1 atom stereocenters. The smallest absolute Gasteiger partial charge is 0.387 e. The molecule has 1 saturated carbocycles. The summed E-state index contributed by atoms with van der Waals surface area (Å²) in [6.45, 7) is 0.526. The number of nitrogens with zero attached hydrogens (tertiary/aromatic N) is 3. The molecule has 1 unspecified atom stereocenters. The van der Waals surface area contributed by atoms with Gasteiger partial charge in [-0.25, -0.2) is 4.98 Å². The fraction of sp³-hybridized carbons (Fsp3) is 0.500. The minimum absolute atomic E-state index is 0.0425. The van der Waals surface area contributed by atoms with Crippen molar-refractivity contribution in [1.82, 2.24) is 19.7 Å². The van der Waals surface area contributed by atoms with Crippen molar-refractivity contribution in [1.29, 1.82) is 0 Å². The van der Waals surface area contributed by atoms with Crippen molar-refractivity contribution in [2.75, 3.05) is 20.3 Å². The first-order chi connectivity index (χ1) is 17.3. The van der Waals surface area contributed by atoms with E-state index in [4.69, 9.17) is 14.2 Å². The van der Waals surface area contributed by atoms with Crippen molar-refractivity contribution in [3.8, 4) is 28.6 Å². The Morgan fingerprint density at radius 1 is 1.28 bits per heavy atom. The van der Waals surface area contributed by atoms with Gasteiger partial charge in [0.25, 0.3) is 0 Å². The Hall–Kier alpha value is -3.27. The van der Waals surface area contributed by atoms with E-state index in [1.54, 1.807) is 28.9 Å². The lowest BCUT2D eigenvalue weighted by molar-refractivity contribution is -0.0502. The fourth-order valence-corrected chi connectivity index (χ4v) is 4.67. The SMILES string of the molecule is COc1cc(-c2cnc3nc(OCC4(C)CCCCN4)ccn23)cc(OC(F)F)c1C(=O)CC1CC1. The van der Waals surface area contributed by atoms with Gasteiger partial charge in [-0.15, -0.1) is 0 Å². The molecule has 5 rings (SSSR count). The number of Topliss-reactive ketones (excluding diaryl/α,β-unsaturated/α-hetero) is 1. The number of hydrogen-bond acceptors (Lipinski definition) is 7. The molecule has 10 heteroatoms. The summed E-state index contributed by atoms with van der Waals surface area (Å²) in [5.41, 5.74) is 1.04. The molecule has 8 nitrogen and oxygen atoms in total. The summed E-state index contributed by atoms with van der Waals surface area (Å²) < 4.78 is 44.4. The standard InChI is InChI=1S/C26H30F2N4O4/c1-26(8-3-4-9-30-26)15-35-22-7-10-32-18(14-29-25(32)31-22)17-12-20(34-2)23(19(33)11-16-5-6-16)21(13-17)36-24(27)28/h7,10,12-14,16,24,30H,3-6,8-9,11,15H2,1-2H3. The molecule has 3 aromatic rings. The van der Waals surface area contributed by atoms with E-state index in [-0.39, 0.29) is 34.8 Å². The van der Waals surface area contributed by atoms with E-state index in [0.29, 0.717) is 35.4 Å². The first kappa shape index (κ1) is 24.4. The monoisotopic (exact) mass is 500 g/mol. The Morgan fingerprint density at radius 2 is 2.08 bits per heavy atom. The third kappa shape index (κ3) is 5.28. The molecule has 36 heavy (non-hydrogen) atoms. The lowest BCUT2D eigenvalue weighted by Crippen LogP contribution is -2.50. The summed E-state index contributed by atoms with van der Waals surface area (Å²) in [4.78, 5) is 21.8. The third-order valence-electron chi connectivity index (χ3n) is 6.85. The van der Waals surface area contributed by atoms with E-state index in [0.717, 1.165) is 32.2 Å². The summed E-state index contributed by atoms with van der Waals surface area (Å²) in [5.74, 6) is 0.853. The van der Waals surface area contributed by atoms with Crippen molar-refractivity contribution >= 4 is 11.6 Å². The van der Waals surface area contributed by atoms with Gasteiger partial charge >= 0.3 is 6.61 Å². The molecule has 0 radical (unpaired) electrons. The van der Waals surface area contributed by atoms with E-state index in [1.807, 2.05) is 0 Å². The number of aromatic nitrogens is 3. The van der Waals surface area contributed by atoms with Gasteiger partial charge in [0.1, 0.15) is 23.7 Å². The molecule has 2 aliphatic rings. The second kappa shape index (κ2) is 10.0. The highest BCUT2D eigenvalue weighted by Gasteiger charge is 2.30. The topological polar surface area (TPSA) is 87.0 Å². The number of ketones is 1. The van der Waals surface area contributed by atoms with Crippen LogP contribution in [-0.2, 0) is 0 Å². The van der Waals surface area contributed by atoms with Gasteiger partial charge < -0.3 is 19.5 Å². The quantitative estimate of drug-likeness (QED) is 0.396. The van der Waals surface area contributed by atoms with Crippen LogP contribution in [0.2, 0.25) is 0 Å². The lowest BCUT2D eigenvalue weighted by Gasteiger charge is -2.34. The molecule has 1 aliphatic heterocycles.